The van der Waals surface area contributed by atoms with Crippen LogP contribution in [0.15, 0.2) is 0 Å². The van der Waals surface area contributed by atoms with Crippen molar-refractivity contribution in [2.45, 2.75) is 136 Å². The molecule has 0 aromatic carbocycles. The van der Waals surface area contributed by atoms with Gasteiger partial charge >= 0.3 is 17.9 Å². The smallest absolute Gasteiger partial charge is 0.348 e. The van der Waals surface area contributed by atoms with E-state index in [9.17, 15) is 19.5 Å². The van der Waals surface area contributed by atoms with Gasteiger partial charge in [-0.25, -0.2) is 4.79 Å². The Balaban J connectivity index is 3.78. The normalized spacial score (nSPS) is 12.9. The average molecular weight is 429 g/mol. The van der Waals surface area contributed by atoms with Crippen LogP contribution in [0.2, 0.25) is 0 Å². The first-order valence-corrected chi connectivity index (χ1v) is 12.0. The Labute approximate surface area is 183 Å². The highest BCUT2D eigenvalue weighted by atomic mass is 16.6. The summed E-state index contributed by atoms with van der Waals surface area (Å²) in [5.74, 6) is -2.56. The molecule has 0 rings (SSSR count). The standard InChI is InChI=1S/C24H44O6/c1-4-5-6-7-8-9-10-11-12-13-14-15-16-17-18-19-22(29-20(2)25)23(24(27)28)30-21(3)26/h22-23H,4-19H2,1-3H3,(H,27,28)/t22-,23+/m1/s1. The molecule has 0 heterocycles. The monoisotopic (exact) mass is 428 g/mol. The van der Waals surface area contributed by atoms with Gasteiger partial charge in [0.1, 0.15) is 6.10 Å². The molecule has 176 valence electrons. The highest BCUT2D eigenvalue weighted by molar-refractivity contribution is 5.78. The lowest BCUT2D eigenvalue weighted by molar-refractivity contribution is -0.178. The summed E-state index contributed by atoms with van der Waals surface area (Å²) in [4.78, 5) is 33.8. The zero-order valence-corrected chi connectivity index (χ0v) is 19.5. The molecule has 2 atom stereocenters. The van der Waals surface area contributed by atoms with Crippen LogP contribution in [0.5, 0.6) is 0 Å². The van der Waals surface area contributed by atoms with Crippen molar-refractivity contribution in [3.8, 4) is 0 Å². The van der Waals surface area contributed by atoms with Crippen molar-refractivity contribution in [3.05, 3.63) is 0 Å². The van der Waals surface area contributed by atoms with E-state index in [-0.39, 0.29) is 0 Å². The number of rotatable bonds is 20. The Morgan fingerprint density at radius 1 is 0.633 bits per heavy atom. The maximum Gasteiger partial charge on any atom is 0.348 e. The number of hydrogen-bond donors (Lipinski definition) is 1. The van der Waals surface area contributed by atoms with Gasteiger partial charge in [-0.05, 0) is 12.8 Å². The SMILES string of the molecule is CCCCCCCCCCCCCCCCC[C@@H](OC(C)=O)[C@H](OC(C)=O)C(=O)O. The fourth-order valence-corrected chi connectivity index (χ4v) is 3.67. The number of esters is 2. The summed E-state index contributed by atoms with van der Waals surface area (Å²) in [5.41, 5.74) is 0. The predicted molar refractivity (Wildman–Crippen MR) is 118 cm³/mol. The Morgan fingerprint density at radius 2 is 1.00 bits per heavy atom. The molecule has 0 radical (unpaired) electrons. The van der Waals surface area contributed by atoms with E-state index >= 15 is 0 Å². The summed E-state index contributed by atoms with van der Waals surface area (Å²) in [6, 6.07) is 0. The molecule has 0 unspecified atom stereocenters. The number of aliphatic carboxylic acids is 1. The zero-order valence-electron chi connectivity index (χ0n) is 19.5. The van der Waals surface area contributed by atoms with Crippen LogP contribution in [-0.4, -0.2) is 35.2 Å². The van der Waals surface area contributed by atoms with E-state index in [0.717, 1.165) is 26.2 Å². The minimum atomic E-state index is -1.45. The zero-order chi connectivity index (χ0) is 22.6. The van der Waals surface area contributed by atoms with Crippen LogP contribution >= 0.6 is 0 Å². The molecule has 0 aliphatic rings. The first kappa shape index (κ1) is 28.4. The van der Waals surface area contributed by atoms with Crippen LogP contribution in [0.4, 0.5) is 0 Å². The number of hydrogen-bond acceptors (Lipinski definition) is 5. The van der Waals surface area contributed by atoms with Gasteiger partial charge in [-0.15, -0.1) is 0 Å². The van der Waals surface area contributed by atoms with Crippen molar-refractivity contribution < 1.29 is 29.0 Å². The third-order valence-corrected chi connectivity index (χ3v) is 5.28. The molecule has 0 aromatic heterocycles. The van der Waals surface area contributed by atoms with E-state index in [2.05, 4.69) is 6.92 Å². The highest BCUT2D eigenvalue weighted by Gasteiger charge is 2.33. The molecule has 0 spiro atoms. The molecular weight excluding hydrogens is 384 g/mol. The summed E-state index contributed by atoms with van der Waals surface area (Å²) in [6.45, 7) is 4.63. The van der Waals surface area contributed by atoms with Gasteiger partial charge < -0.3 is 14.6 Å². The van der Waals surface area contributed by atoms with E-state index < -0.39 is 30.1 Å². The molecular formula is C24H44O6. The molecule has 6 nitrogen and oxygen atoms in total. The molecule has 0 bridgehead atoms. The Morgan fingerprint density at radius 3 is 1.33 bits per heavy atom. The predicted octanol–water partition coefficient (Wildman–Crippen LogP) is 6.20. The van der Waals surface area contributed by atoms with Crippen LogP contribution in [0.3, 0.4) is 0 Å². The molecule has 30 heavy (non-hydrogen) atoms. The van der Waals surface area contributed by atoms with Gasteiger partial charge in [0.05, 0.1) is 0 Å². The molecule has 0 saturated carbocycles. The molecule has 0 fully saturated rings. The van der Waals surface area contributed by atoms with Crippen molar-refractivity contribution in [1.82, 2.24) is 0 Å². The lowest BCUT2D eigenvalue weighted by atomic mass is 10.0. The summed E-state index contributed by atoms with van der Waals surface area (Å²) in [6.07, 6.45) is 16.7. The van der Waals surface area contributed by atoms with Crippen LogP contribution in [0.1, 0.15) is 124 Å². The fraction of sp³-hybridized carbons (Fsp3) is 0.875. The van der Waals surface area contributed by atoms with Crippen LogP contribution in [-0.2, 0) is 23.9 Å². The Hall–Kier alpha value is -1.59. The molecule has 1 N–H and O–H groups in total. The maximum atomic E-state index is 11.3. The van der Waals surface area contributed by atoms with Crippen molar-refractivity contribution in [2.24, 2.45) is 0 Å². The minimum Gasteiger partial charge on any atom is -0.478 e. The second-order valence-electron chi connectivity index (χ2n) is 8.25. The van der Waals surface area contributed by atoms with Crippen LogP contribution < -0.4 is 0 Å². The van der Waals surface area contributed by atoms with Crippen LogP contribution in [0.25, 0.3) is 0 Å². The molecule has 0 saturated heterocycles. The first-order valence-electron chi connectivity index (χ1n) is 12.0. The second-order valence-corrected chi connectivity index (χ2v) is 8.25. The van der Waals surface area contributed by atoms with Crippen molar-refractivity contribution >= 4 is 17.9 Å². The minimum absolute atomic E-state index is 0.377. The number of carboxylic acid groups (broad SMARTS) is 1. The number of unbranched alkanes of at least 4 members (excludes halogenated alkanes) is 14. The first-order chi connectivity index (χ1) is 14.4. The van der Waals surface area contributed by atoms with Gasteiger partial charge in [0.15, 0.2) is 0 Å². The quantitative estimate of drug-likeness (QED) is 0.183. The fourth-order valence-electron chi connectivity index (χ4n) is 3.67. The highest BCUT2D eigenvalue weighted by Crippen LogP contribution is 2.17. The van der Waals surface area contributed by atoms with E-state index in [4.69, 9.17) is 9.47 Å². The van der Waals surface area contributed by atoms with Crippen molar-refractivity contribution in [3.63, 3.8) is 0 Å². The third kappa shape index (κ3) is 17.3. The number of ether oxygens (including phenoxy) is 2. The van der Waals surface area contributed by atoms with Gasteiger partial charge in [-0.2, -0.15) is 0 Å². The van der Waals surface area contributed by atoms with E-state index in [1.165, 1.54) is 84.0 Å². The molecule has 6 heteroatoms. The largest absolute Gasteiger partial charge is 0.478 e. The molecule has 0 aliphatic heterocycles. The molecule has 0 aromatic rings. The maximum absolute atomic E-state index is 11.3. The Kier molecular flexibility index (Phi) is 18.4. The summed E-state index contributed by atoms with van der Waals surface area (Å²) < 4.78 is 9.93. The Bertz CT molecular complexity index is 463. The van der Waals surface area contributed by atoms with Crippen molar-refractivity contribution in [1.29, 1.82) is 0 Å². The topological polar surface area (TPSA) is 89.9 Å². The van der Waals surface area contributed by atoms with Crippen LogP contribution in [0, 0.1) is 0 Å². The van der Waals surface area contributed by atoms with E-state index in [1.54, 1.807) is 0 Å². The summed E-state index contributed by atoms with van der Waals surface area (Å²) in [5, 5.41) is 9.26. The summed E-state index contributed by atoms with van der Waals surface area (Å²) >= 11 is 0. The number of carbonyl (C=O) groups excluding carboxylic acids is 2. The average Bonchev–Trinajstić information content (AvgIpc) is 2.67. The summed E-state index contributed by atoms with van der Waals surface area (Å²) in [7, 11) is 0. The molecule has 0 amide bonds. The van der Waals surface area contributed by atoms with Gasteiger partial charge in [-0.1, -0.05) is 96.8 Å². The van der Waals surface area contributed by atoms with Crippen molar-refractivity contribution in [2.75, 3.05) is 0 Å². The second kappa shape index (κ2) is 19.4. The lowest BCUT2D eigenvalue weighted by Gasteiger charge is -2.23. The van der Waals surface area contributed by atoms with E-state index in [0.29, 0.717) is 6.42 Å². The van der Waals surface area contributed by atoms with Gasteiger partial charge in [-0.3, -0.25) is 9.59 Å². The van der Waals surface area contributed by atoms with E-state index in [1.807, 2.05) is 0 Å². The lowest BCUT2D eigenvalue weighted by Crippen LogP contribution is -2.40. The van der Waals surface area contributed by atoms with Gasteiger partial charge in [0.25, 0.3) is 0 Å². The number of carboxylic acids is 1. The van der Waals surface area contributed by atoms with Gasteiger partial charge in [0, 0.05) is 13.8 Å². The third-order valence-electron chi connectivity index (χ3n) is 5.28. The molecule has 0 aliphatic carbocycles. The van der Waals surface area contributed by atoms with Gasteiger partial charge in [0.2, 0.25) is 6.10 Å². The number of carbonyl (C=O) groups is 3.